The lowest BCUT2D eigenvalue weighted by atomic mass is 10.1. The van der Waals surface area contributed by atoms with Crippen LogP contribution in [0, 0.1) is 12.8 Å². The maximum atomic E-state index is 6.07. The summed E-state index contributed by atoms with van der Waals surface area (Å²) in [4.78, 5) is 4.79. The summed E-state index contributed by atoms with van der Waals surface area (Å²) in [5.74, 6) is 4.41. The monoisotopic (exact) mass is 412 g/mol. The zero-order valence-electron chi connectivity index (χ0n) is 18.9. The minimum absolute atomic E-state index is 0.560. The van der Waals surface area contributed by atoms with Crippen LogP contribution in [0.3, 0.4) is 0 Å². The molecule has 1 aromatic carbocycles. The zero-order valence-corrected chi connectivity index (χ0v) is 18.9. The van der Waals surface area contributed by atoms with Crippen LogP contribution in [-0.2, 0) is 26.1 Å². The van der Waals surface area contributed by atoms with Gasteiger partial charge in [0.15, 0.2) is 11.8 Å². The Labute approximate surface area is 180 Å². The van der Waals surface area contributed by atoms with E-state index in [-0.39, 0.29) is 0 Å². The summed E-state index contributed by atoms with van der Waals surface area (Å²) in [6, 6.07) is 6.33. The number of aryl methyl sites for hydroxylation is 2. The van der Waals surface area contributed by atoms with E-state index >= 15 is 0 Å². The highest BCUT2D eigenvalue weighted by molar-refractivity contribution is 5.79. The minimum atomic E-state index is 0.560. The second kappa shape index (κ2) is 11.0. The molecule has 7 nitrogen and oxygen atoms in total. The summed E-state index contributed by atoms with van der Waals surface area (Å²) >= 11 is 0. The van der Waals surface area contributed by atoms with Crippen LogP contribution in [0.2, 0.25) is 0 Å². The van der Waals surface area contributed by atoms with Gasteiger partial charge >= 0.3 is 0 Å². The van der Waals surface area contributed by atoms with Crippen molar-refractivity contribution in [2.45, 2.75) is 73.0 Å². The first-order valence-electron chi connectivity index (χ1n) is 11.2. The number of nitrogens with one attached hydrogen (secondary N) is 2. The van der Waals surface area contributed by atoms with Crippen LogP contribution < -0.4 is 15.4 Å². The Kier molecular flexibility index (Phi) is 8.11. The van der Waals surface area contributed by atoms with E-state index in [1.807, 2.05) is 0 Å². The number of rotatable bonds is 9. The molecule has 0 saturated heterocycles. The van der Waals surface area contributed by atoms with Gasteiger partial charge in [0.2, 0.25) is 0 Å². The maximum absolute atomic E-state index is 6.07. The predicted octanol–water partition coefficient (Wildman–Crippen LogP) is 3.60. The molecular formula is C23H36N6O. The van der Waals surface area contributed by atoms with Crippen LogP contribution >= 0.6 is 0 Å². The second-order valence-electron chi connectivity index (χ2n) is 8.33. The molecule has 3 rings (SSSR count). The molecule has 2 aromatic rings. The Morgan fingerprint density at radius 1 is 1.23 bits per heavy atom. The van der Waals surface area contributed by atoms with Crippen LogP contribution in [0.1, 0.15) is 62.8 Å². The van der Waals surface area contributed by atoms with Gasteiger partial charge < -0.3 is 19.9 Å². The molecule has 0 spiro atoms. The summed E-state index contributed by atoms with van der Waals surface area (Å²) < 4.78 is 8.31. The molecule has 0 saturated carbocycles. The Bertz CT molecular complexity index is 842. The SMILES string of the molecule is CCNC(=NCc1ccc(C)cc1OCCC(C)C)NCc1nnc2n1CCCC2. The number of hydrogen-bond acceptors (Lipinski definition) is 4. The van der Waals surface area contributed by atoms with Crippen LogP contribution in [0.15, 0.2) is 23.2 Å². The molecule has 0 atom stereocenters. The van der Waals surface area contributed by atoms with Crippen molar-refractivity contribution >= 4 is 5.96 Å². The molecule has 1 aliphatic rings. The molecule has 1 aromatic heterocycles. The summed E-state index contributed by atoms with van der Waals surface area (Å²) in [6.45, 7) is 12.3. The fourth-order valence-corrected chi connectivity index (χ4v) is 3.50. The van der Waals surface area contributed by atoms with E-state index in [0.29, 0.717) is 19.0 Å². The third-order valence-corrected chi connectivity index (χ3v) is 5.28. The molecule has 0 aliphatic carbocycles. The van der Waals surface area contributed by atoms with E-state index in [9.17, 15) is 0 Å². The first-order chi connectivity index (χ1) is 14.6. The first kappa shape index (κ1) is 22.1. The number of guanidine groups is 1. The molecule has 7 heteroatoms. The smallest absolute Gasteiger partial charge is 0.191 e. The van der Waals surface area contributed by atoms with Gasteiger partial charge in [-0.3, -0.25) is 0 Å². The molecule has 0 radical (unpaired) electrons. The number of hydrogen-bond donors (Lipinski definition) is 2. The average molecular weight is 413 g/mol. The maximum Gasteiger partial charge on any atom is 0.191 e. The van der Waals surface area contributed by atoms with E-state index in [2.05, 4.69) is 71.3 Å². The highest BCUT2D eigenvalue weighted by Gasteiger charge is 2.15. The lowest BCUT2D eigenvalue weighted by molar-refractivity contribution is 0.287. The van der Waals surface area contributed by atoms with E-state index < -0.39 is 0 Å². The predicted molar refractivity (Wildman–Crippen MR) is 121 cm³/mol. The van der Waals surface area contributed by atoms with Crippen molar-refractivity contribution < 1.29 is 4.74 Å². The molecule has 0 bridgehead atoms. The second-order valence-corrected chi connectivity index (χ2v) is 8.33. The molecule has 2 N–H and O–H groups in total. The number of benzene rings is 1. The fraction of sp³-hybridized carbons (Fsp3) is 0.609. The van der Waals surface area contributed by atoms with Crippen molar-refractivity contribution in [3.05, 3.63) is 41.0 Å². The molecule has 164 valence electrons. The highest BCUT2D eigenvalue weighted by atomic mass is 16.5. The van der Waals surface area contributed by atoms with Gasteiger partial charge in [0.25, 0.3) is 0 Å². The standard InChI is InChI=1S/C23H36N6O/c1-5-24-23(26-16-22-28-27-21-8-6-7-12-29(21)22)25-15-19-10-9-18(4)14-20(19)30-13-11-17(2)3/h9-10,14,17H,5-8,11-13,15-16H2,1-4H3,(H2,24,25,26). The van der Waals surface area contributed by atoms with Crippen molar-refractivity contribution in [3.63, 3.8) is 0 Å². The summed E-state index contributed by atoms with van der Waals surface area (Å²) in [6.07, 6.45) is 4.46. The summed E-state index contributed by atoms with van der Waals surface area (Å²) in [5.41, 5.74) is 2.30. The number of aliphatic imine (C=N–C) groups is 1. The lowest BCUT2D eigenvalue weighted by Crippen LogP contribution is -2.37. The van der Waals surface area contributed by atoms with Gasteiger partial charge in [0.1, 0.15) is 11.6 Å². The van der Waals surface area contributed by atoms with Crippen LogP contribution in [0.5, 0.6) is 5.75 Å². The minimum Gasteiger partial charge on any atom is -0.493 e. The molecule has 0 fully saturated rings. The van der Waals surface area contributed by atoms with Gasteiger partial charge in [-0.05, 0) is 50.7 Å². The molecular weight excluding hydrogens is 376 g/mol. The molecule has 1 aliphatic heterocycles. The van der Waals surface area contributed by atoms with Gasteiger partial charge in [-0.1, -0.05) is 26.0 Å². The third kappa shape index (κ3) is 6.21. The van der Waals surface area contributed by atoms with Gasteiger partial charge in [0.05, 0.1) is 19.7 Å². The molecule has 30 heavy (non-hydrogen) atoms. The first-order valence-corrected chi connectivity index (χ1v) is 11.2. The number of ether oxygens (including phenoxy) is 1. The van der Waals surface area contributed by atoms with E-state index in [0.717, 1.165) is 61.5 Å². The van der Waals surface area contributed by atoms with E-state index in [1.54, 1.807) is 0 Å². The molecule has 0 amide bonds. The third-order valence-electron chi connectivity index (χ3n) is 5.28. The number of aromatic nitrogens is 3. The Balaban J connectivity index is 1.65. The van der Waals surface area contributed by atoms with Crippen molar-refractivity contribution in [1.82, 2.24) is 25.4 Å². The van der Waals surface area contributed by atoms with Crippen molar-refractivity contribution in [1.29, 1.82) is 0 Å². The topological polar surface area (TPSA) is 76.4 Å². The normalized spacial score (nSPS) is 14.0. The Hall–Kier alpha value is -2.57. The van der Waals surface area contributed by atoms with E-state index in [4.69, 9.17) is 9.73 Å². The van der Waals surface area contributed by atoms with Crippen molar-refractivity contribution in [3.8, 4) is 5.75 Å². The summed E-state index contributed by atoms with van der Waals surface area (Å²) in [7, 11) is 0. The highest BCUT2D eigenvalue weighted by Crippen LogP contribution is 2.22. The number of nitrogens with zero attached hydrogens (tertiary/aromatic N) is 4. The van der Waals surface area contributed by atoms with Gasteiger partial charge in [-0.25, -0.2) is 4.99 Å². The van der Waals surface area contributed by atoms with Crippen molar-refractivity contribution in [2.24, 2.45) is 10.9 Å². The fourth-order valence-electron chi connectivity index (χ4n) is 3.50. The quantitative estimate of drug-likeness (QED) is 0.486. The molecule has 0 unspecified atom stereocenters. The average Bonchev–Trinajstić information content (AvgIpc) is 3.14. The van der Waals surface area contributed by atoms with Crippen molar-refractivity contribution in [2.75, 3.05) is 13.2 Å². The zero-order chi connectivity index (χ0) is 21.3. The van der Waals surface area contributed by atoms with Crippen LogP contribution in [0.25, 0.3) is 0 Å². The lowest BCUT2D eigenvalue weighted by Gasteiger charge is -2.16. The van der Waals surface area contributed by atoms with E-state index in [1.165, 1.54) is 18.4 Å². The Morgan fingerprint density at radius 2 is 2.10 bits per heavy atom. The van der Waals surface area contributed by atoms with Gasteiger partial charge in [0, 0.05) is 25.1 Å². The molecule has 2 heterocycles. The van der Waals surface area contributed by atoms with Gasteiger partial charge in [-0.15, -0.1) is 10.2 Å². The van der Waals surface area contributed by atoms with Gasteiger partial charge in [-0.2, -0.15) is 0 Å². The van der Waals surface area contributed by atoms with Crippen LogP contribution in [0.4, 0.5) is 0 Å². The largest absolute Gasteiger partial charge is 0.493 e. The summed E-state index contributed by atoms with van der Waals surface area (Å²) in [5, 5.41) is 15.4. The van der Waals surface area contributed by atoms with Crippen LogP contribution in [-0.4, -0.2) is 33.9 Å². The Morgan fingerprint density at radius 3 is 2.90 bits per heavy atom. The number of fused-ring (bicyclic) bond motifs is 1.